The van der Waals surface area contributed by atoms with Crippen molar-refractivity contribution in [1.82, 2.24) is 18.9 Å². The smallest absolute Gasteiger partial charge is 0.337 e. The molecule has 0 unspecified atom stereocenters. The number of benzene rings is 3. The van der Waals surface area contributed by atoms with Crippen molar-refractivity contribution in [2.24, 2.45) is 0 Å². The lowest BCUT2D eigenvalue weighted by molar-refractivity contribution is -0.384. The van der Waals surface area contributed by atoms with E-state index in [0.717, 1.165) is 4.57 Å². The Labute approximate surface area is 232 Å². The van der Waals surface area contributed by atoms with Gasteiger partial charge in [0, 0.05) is 23.0 Å². The lowest BCUT2D eigenvalue weighted by atomic mass is 10.1. The second-order valence-corrected chi connectivity index (χ2v) is 9.36. The molecule has 40 heavy (non-hydrogen) atoms. The third-order valence-corrected chi connectivity index (χ3v) is 7.09. The van der Waals surface area contributed by atoms with Gasteiger partial charge in [0.1, 0.15) is 11.2 Å². The lowest BCUT2D eigenvalue weighted by Gasteiger charge is -2.14. The van der Waals surface area contributed by atoms with Gasteiger partial charge in [-0.25, -0.2) is 22.8 Å². The van der Waals surface area contributed by atoms with Crippen LogP contribution in [0, 0.1) is 28.7 Å². The van der Waals surface area contributed by atoms with Gasteiger partial charge in [-0.3, -0.25) is 19.5 Å². The number of fused-ring (bicyclic) bond motifs is 1. The molecule has 10 nitrogen and oxygen atoms in total. The number of ether oxygens (including phenoxy) is 1. The predicted molar refractivity (Wildman–Crippen MR) is 147 cm³/mol. The second kappa shape index (κ2) is 10.5. The van der Waals surface area contributed by atoms with Gasteiger partial charge in [-0.2, -0.15) is 0 Å². The van der Waals surface area contributed by atoms with E-state index in [2.05, 4.69) is 21.0 Å². The Balaban J connectivity index is 1.89. The first-order chi connectivity index (χ1) is 19.2. The van der Waals surface area contributed by atoms with E-state index in [1.54, 1.807) is 13.0 Å². The van der Waals surface area contributed by atoms with E-state index in [-0.39, 0.29) is 45.6 Å². The molecule has 0 saturated carbocycles. The van der Waals surface area contributed by atoms with Crippen LogP contribution >= 0.6 is 15.9 Å². The molecular weight excluding hydrogens is 592 g/mol. The fourth-order valence-electron chi connectivity index (χ4n) is 4.52. The van der Waals surface area contributed by atoms with Crippen molar-refractivity contribution in [2.45, 2.75) is 18.8 Å². The minimum Gasteiger partial charge on any atom is -0.494 e. The summed E-state index contributed by atoms with van der Waals surface area (Å²) in [7, 11) is 1.25. The largest absolute Gasteiger partial charge is 0.494 e. The number of aromatic nitrogens is 4. The van der Waals surface area contributed by atoms with Crippen LogP contribution in [0.15, 0.2) is 70.3 Å². The topological polar surface area (TPSA) is 114 Å². The maximum Gasteiger partial charge on any atom is 0.337 e. The second-order valence-electron chi connectivity index (χ2n) is 8.80. The molecule has 0 aliphatic heterocycles. The highest BCUT2D eigenvalue weighted by atomic mass is 79.9. The molecule has 0 N–H and O–H groups in total. The lowest BCUT2D eigenvalue weighted by Crippen LogP contribution is -2.40. The quantitative estimate of drug-likeness (QED) is 0.149. The molecule has 5 rings (SSSR count). The van der Waals surface area contributed by atoms with Gasteiger partial charge >= 0.3 is 5.69 Å². The van der Waals surface area contributed by atoms with Crippen molar-refractivity contribution in [3.8, 4) is 17.1 Å². The van der Waals surface area contributed by atoms with Crippen LogP contribution in [0.1, 0.15) is 16.8 Å². The highest BCUT2D eigenvalue weighted by molar-refractivity contribution is 9.08. The first kappa shape index (κ1) is 26.9. The van der Waals surface area contributed by atoms with Gasteiger partial charge in [-0.1, -0.05) is 34.1 Å². The number of nitro groups is 1. The Kier molecular flexibility index (Phi) is 7.06. The van der Waals surface area contributed by atoms with Gasteiger partial charge in [-0.15, -0.1) is 5.10 Å². The number of halogens is 3. The highest BCUT2D eigenvalue weighted by Gasteiger charge is 2.26. The number of hydrogen-bond acceptors (Lipinski definition) is 6. The number of nitro benzene ring substituents is 1. The number of alkyl halides is 1. The third-order valence-electron chi connectivity index (χ3n) is 6.56. The fraction of sp³-hybridized carbons (Fsp3) is 0.148. The highest BCUT2D eigenvalue weighted by Crippen LogP contribution is 2.26. The number of aryl methyl sites for hydroxylation is 1. The summed E-state index contributed by atoms with van der Waals surface area (Å²) in [5.74, 6) is -1.68. The van der Waals surface area contributed by atoms with E-state index in [9.17, 15) is 24.1 Å². The van der Waals surface area contributed by atoms with E-state index in [1.165, 1.54) is 66.4 Å². The zero-order valence-electron chi connectivity index (χ0n) is 21.1. The van der Waals surface area contributed by atoms with Gasteiger partial charge in [0.15, 0.2) is 17.2 Å². The average Bonchev–Trinajstić information content (AvgIpc) is 3.33. The molecule has 0 spiro atoms. The number of methoxy groups -OCH3 is 1. The fourth-order valence-corrected chi connectivity index (χ4v) is 5.04. The summed E-state index contributed by atoms with van der Waals surface area (Å²) >= 11 is 3.37. The molecule has 0 amide bonds. The SMILES string of the molecule is COc1cccc(-n2c(=O)c3c(CBr)n(-c4ccc([N+](=O)[O-])cc4)nc3n(Cc3c(C)cccc3F)c2=O)c1F. The van der Waals surface area contributed by atoms with E-state index in [4.69, 9.17) is 4.74 Å². The molecule has 0 atom stereocenters. The molecule has 0 saturated heterocycles. The normalized spacial score (nSPS) is 11.2. The van der Waals surface area contributed by atoms with Gasteiger partial charge in [0.25, 0.3) is 11.2 Å². The van der Waals surface area contributed by atoms with Crippen LogP contribution < -0.4 is 16.0 Å². The Hall–Kier alpha value is -4.65. The van der Waals surface area contributed by atoms with Crippen molar-refractivity contribution in [3.05, 3.63) is 120 Å². The zero-order chi connectivity index (χ0) is 28.7. The van der Waals surface area contributed by atoms with Crippen molar-refractivity contribution in [2.75, 3.05) is 7.11 Å². The predicted octanol–water partition coefficient (Wildman–Crippen LogP) is 4.78. The van der Waals surface area contributed by atoms with Crippen LogP contribution in [0.2, 0.25) is 0 Å². The summed E-state index contributed by atoms with van der Waals surface area (Å²) in [6, 6.07) is 14.0. The standard InChI is InChI=1S/C27H20BrF2N5O5/c1-15-5-3-6-19(29)18(15)14-32-25-23(21(13-28)34(31-25)16-9-11-17(12-10-16)35(38)39)26(36)33(27(32)37)20-7-4-8-22(40-2)24(20)30/h3-12H,13-14H2,1-2H3. The maximum atomic E-state index is 15.4. The third kappa shape index (κ3) is 4.37. The van der Waals surface area contributed by atoms with Crippen molar-refractivity contribution < 1.29 is 18.4 Å². The molecular formula is C27H20BrF2N5O5. The van der Waals surface area contributed by atoms with E-state index in [0.29, 0.717) is 21.5 Å². The number of non-ortho nitro benzene ring substituents is 1. The van der Waals surface area contributed by atoms with E-state index >= 15 is 4.39 Å². The van der Waals surface area contributed by atoms with Crippen LogP contribution in [0.25, 0.3) is 22.4 Å². The molecule has 3 aromatic carbocycles. The van der Waals surface area contributed by atoms with Gasteiger partial charge in [0.2, 0.25) is 0 Å². The van der Waals surface area contributed by atoms with Crippen LogP contribution in [0.5, 0.6) is 5.75 Å². The van der Waals surface area contributed by atoms with Gasteiger partial charge in [0.05, 0.1) is 35.6 Å². The average molecular weight is 612 g/mol. The zero-order valence-corrected chi connectivity index (χ0v) is 22.7. The van der Waals surface area contributed by atoms with Crippen LogP contribution in [-0.4, -0.2) is 30.9 Å². The minimum atomic E-state index is -0.943. The summed E-state index contributed by atoms with van der Waals surface area (Å²) in [6.07, 6.45) is 0. The summed E-state index contributed by atoms with van der Waals surface area (Å²) in [5.41, 5.74) is -0.945. The van der Waals surface area contributed by atoms with Crippen LogP contribution in [0.3, 0.4) is 0 Å². The molecule has 0 bridgehead atoms. The summed E-state index contributed by atoms with van der Waals surface area (Å²) in [6.45, 7) is 1.37. The summed E-state index contributed by atoms with van der Waals surface area (Å²) < 4.78 is 38.5. The van der Waals surface area contributed by atoms with E-state index in [1.807, 2.05) is 0 Å². The Morgan fingerprint density at radius 1 is 1.05 bits per heavy atom. The van der Waals surface area contributed by atoms with Crippen molar-refractivity contribution >= 4 is 32.7 Å². The molecule has 2 aromatic heterocycles. The molecule has 0 radical (unpaired) electrons. The Morgan fingerprint density at radius 2 is 1.75 bits per heavy atom. The van der Waals surface area contributed by atoms with Crippen molar-refractivity contribution in [1.29, 1.82) is 0 Å². The molecule has 0 aliphatic carbocycles. The Morgan fingerprint density at radius 3 is 2.38 bits per heavy atom. The minimum absolute atomic E-state index is 0.0222. The first-order valence-corrected chi connectivity index (χ1v) is 12.9. The molecule has 2 heterocycles. The number of nitrogens with zero attached hydrogens (tertiary/aromatic N) is 5. The molecule has 13 heteroatoms. The maximum absolute atomic E-state index is 15.4. The molecule has 5 aromatic rings. The van der Waals surface area contributed by atoms with Crippen LogP contribution in [0.4, 0.5) is 14.5 Å². The van der Waals surface area contributed by atoms with Crippen LogP contribution in [-0.2, 0) is 11.9 Å². The van der Waals surface area contributed by atoms with E-state index < -0.39 is 27.8 Å². The summed E-state index contributed by atoms with van der Waals surface area (Å²) in [5, 5.41) is 15.7. The number of rotatable bonds is 7. The van der Waals surface area contributed by atoms with Gasteiger partial charge < -0.3 is 4.74 Å². The molecule has 204 valence electrons. The molecule has 0 aliphatic rings. The number of hydrogen-bond donors (Lipinski definition) is 0. The first-order valence-electron chi connectivity index (χ1n) is 11.8. The molecule has 0 fully saturated rings. The van der Waals surface area contributed by atoms with Gasteiger partial charge in [-0.05, 0) is 42.8 Å². The van der Waals surface area contributed by atoms with Crippen molar-refractivity contribution in [3.63, 3.8) is 0 Å². The Bertz CT molecular complexity index is 1890. The monoisotopic (exact) mass is 611 g/mol. The summed E-state index contributed by atoms with van der Waals surface area (Å²) in [4.78, 5) is 38.4.